The number of hydrogen-bond donors (Lipinski definition) is 0. The highest BCUT2D eigenvalue weighted by molar-refractivity contribution is 9.11. The molecule has 1 heterocycles. The number of Topliss-reactive ketones (excluding diaryl/α,β-unsaturated/α-hetero) is 1. The molecule has 0 fully saturated rings. The molecule has 0 aliphatic heterocycles. The van der Waals surface area contributed by atoms with Crippen LogP contribution in [0.4, 0.5) is 0 Å². The summed E-state index contributed by atoms with van der Waals surface area (Å²) in [5.74, 6) is -1.18. The number of carbonyl (C=O) groups excluding carboxylic acids is 1. The van der Waals surface area contributed by atoms with Crippen LogP contribution in [-0.2, 0) is 0 Å². The maximum Gasteiger partial charge on any atom is 0.194 e. The zero-order chi connectivity index (χ0) is 14.9. The van der Waals surface area contributed by atoms with Crippen LogP contribution >= 0.6 is 50.5 Å². The molecule has 0 N–H and O–H groups in total. The minimum Gasteiger partial charge on any atom is -0.291 e. The highest BCUT2D eigenvalue weighted by Gasteiger charge is 2.25. The van der Waals surface area contributed by atoms with Crippen molar-refractivity contribution in [2.24, 2.45) is 0 Å². The lowest BCUT2D eigenvalue weighted by molar-refractivity contribution is 0.0982. The first-order chi connectivity index (χ1) is 9.43. The predicted molar refractivity (Wildman–Crippen MR) is 85.9 cm³/mol. The minimum atomic E-state index is -0.926. The van der Waals surface area contributed by atoms with Crippen LogP contribution in [0.15, 0.2) is 28.1 Å². The van der Waals surface area contributed by atoms with Crippen LogP contribution in [0.2, 0.25) is 10.0 Å². The highest BCUT2D eigenvalue weighted by atomic mass is 79.9. The van der Waals surface area contributed by atoms with Crippen molar-refractivity contribution in [2.75, 3.05) is 0 Å². The van der Waals surface area contributed by atoms with Gasteiger partial charge in [0.25, 0.3) is 0 Å². The van der Waals surface area contributed by atoms with E-state index in [1.54, 1.807) is 18.2 Å². The number of ketones is 1. The van der Waals surface area contributed by atoms with Gasteiger partial charge in [-0.2, -0.15) is 5.26 Å². The van der Waals surface area contributed by atoms with E-state index in [9.17, 15) is 10.1 Å². The Morgan fingerprint density at radius 3 is 2.60 bits per heavy atom. The van der Waals surface area contributed by atoms with Gasteiger partial charge >= 0.3 is 0 Å². The number of hydrogen-bond acceptors (Lipinski definition) is 3. The summed E-state index contributed by atoms with van der Waals surface area (Å²) in [6, 6.07) is 8.56. The molecule has 0 saturated carbocycles. The van der Waals surface area contributed by atoms with E-state index in [4.69, 9.17) is 23.2 Å². The van der Waals surface area contributed by atoms with Gasteiger partial charge in [0.1, 0.15) is 5.92 Å². The van der Waals surface area contributed by atoms with Gasteiger partial charge < -0.3 is 0 Å². The van der Waals surface area contributed by atoms with E-state index in [0.29, 0.717) is 20.5 Å². The molecule has 1 atom stereocenters. The zero-order valence-electron chi connectivity index (χ0n) is 10.3. The van der Waals surface area contributed by atoms with Gasteiger partial charge in [-0.15, -0.1) is 11.3 Å². The fourth-order valence-electron chi connectivity index (χ4n) is 1.73. The first-order valence-electron chi connectivity index (χ1n) is 5.58. The first-order valence-corrected chi connectivity index (χ1v) is 7.95. The standard InChI is InChI=1S/C14H8BrCl2NOS/c1-7-4-12(20-14(7)15)13(19)10(6-18)9-3-2-8(16)5-11(9)17/h2-5,10H,1H3. The molecular weight excluding hydrogens is 381 g/mol. The third kappa shape index (κ3) is 3.07. The average molecular weight is 389 g/mol. The molecular formula is C14H8BrCl2NOS. The summed E-state index contributed by atoms with van der Waals surface area (Å²) < 4.78 is 0.889. The topological polar surface area (TPSA) is 40.9 Å². The third-order valence-corrected chi connectivity index (χ3v) is 5.48. The summed E-state index contributed by atoms with van der Waals surface area (Å²) in [7, 11) is 0. The lowest BCUT2D eigenvalue weighted by Crippen LogP contribution is -2.10. The van der Waals surface area contributed by atoms with E-state index >= 15 is 0 Å². The number of benzene rings is 1. The average Bonchev–Trinajstić information content (AvgIpc) is 2.73. The number of aryl methyl sites for hydroxylation is 1. The summed E-state index contributed by atoms with van der Waals surface area (Å²) in [6.07, 6.45) is 0. The molecule has 2 aromatic rings. The second-order valence-corrected chi connectivity index (χ2v) is 7.37. The van der Waals surface area contributed by atoms with Gasteiger partial charge in [-0.05, 0) is 52.2 Å². The van der Waals surface area contributed by atoms with E-state index in [1.165, 1.54) is 17.4 Å². The summed E-state index contributed by atoms with van der Waals surface area (Å²) in [5.41, 5.74) is 1.45. The molecule has 0 radical (unpaired) electrons. The van der Waals surface area contributed by atoms with Crippen LogP contribution in [-0.4, -0.2) is 5.78 Å². The molecule has 0 aliphatic carbocycles. The molecule has 0 amide bonds. The van der Waals surface area contributed by atoms with E-state index in [2.05, 4.69) is 15.9 Å². The van der Waals surface area contributed by atoms with Crippen molar-refractivity contribution < 1.29 is 4.79 Å². The van der Waals surface area contributed by atoms with Crippen molar-refractivity contribution >= 4 is 56.3 Å². The normalized spacial score (nSPS) is 11.9. The molecule has 0 bridgehead atoms. The summed E-state index contributed by atoms with van der Waals surface area (Å²) in [6.45, 7) is 1.90. The van der Waals surface area contributed by atoms with Crippen molar-refractivity contribution in [2.45, 2.75) is 12.8 Å². The Bertz CT molecular complexity index is 701. The van der Waals surface area contributed by atoms with E-state index in [0.717, 1.165) is 9.35 Å². The molecule has 2 rings (SSSR count). The number of rotatable bonds is 3. The summed E-state index contributed by atoms with van der Waals surface area (Å²) in [5, 5.41) is 10.1. The molecule has 0 saturated heterocycles. The van der Waals surface area contributed by atoms with Crippen LogP contribution in [0, 0.1) is 18.3 Å². The van der Waals surface area contributed by atoms with Crippen molar-refractivity contribution in [3.63, 3.8) is 0 Å². The first kappa shape index (κ1) is 15.5. The van der Waals surface area contributed by atoms with Crippen molar-refractivity contribution in [1.29, 1.82) is 5.26 Å². The Morgan fingerprint density at radius 2 is 2.10 bits per heavy atom. The summed E-state index contributed by atoms with van der Waals surface area (Å²) in [4.78, 5) is 13.0. The number of carbonyl (C=O) groups is 1. The molecule has 1 aromatic carbocycles. The van der Waals surface area contributed by atoms with Gasteiger partial charge in [0.05, 0.1) is 14.7 Å². The Hall–Kier alpha value is -0.860. The summed E-state index contributed by atoms with van der Waals surface area (Å²) >= 11 is 16.6. The lowest BCUT2D eigenvalue weighted by Gasteiger charge is -2.09. The minimum absolute atomic E-state index is 0.254. The van der Waals surface area contributed by atoms with Gasteiger partial charge in [0.15, 0.2) is 5.78 Å². The Balaban J connectivity index is 2.42. The van der Waals surface area contributed by atoms with Gasteiger partial charge in [0.2, 0.25) is 0 Å². The number of nitrogens with zero attached hydrogens (tertiary/aromatic N) is 1. The third-order valence-electron chi connectivity index (χ3n) is 2.76. The molecule has 0 spiro atoms. The van der Waals surface area contributed by atoms with Crippen molar-refractivity contribution in [3.8, 4) is 6.07 Å². The van der Waals surface area contributed by atoms with Crippen LogP contribution in [0.1, 0.15) is 26.7 Å². The van der Waals surface area contributed by atoms with Gasteiger partial charge in [-0.1, -0.05) is 29.3 Å². The maximum atomic E-state index is 12.5. The van der Waals surface area contributed by atoms with E-state index in [-0.39, 0.29) is 5.78 Å². The predicted octanol–water partition coefficient (Wildman–Crippen LogP) is 5.62. The lowest BCUT2D eigenvalue weighted by atomic mass is 9.95. The zero-order valence-corrected chi connectivity index (χ0v) is 14.2. The Morgan fingerprint density at radius 1 is 1.40 bits per heavy atom. The molecule has 6 heteroatoms. The SMILES string of the molecule is Cc1cc(C(=O)C(C#N)c2ccc(Cl)cc2Cl)sc1Br. The van der Waals surface area contributed by atoms with Crippen LogP contribution in [0.25, 0.3) is 0 Å². The van der Waals surface area contributed by atoms with Gasteiger partial charge in [-0.25, -0.2) is 0 Å². The van der Waals surface area contributed by atoms with Crippen LogP contribution in [0.3, 0.4) is 0 Å². The monoisotopic (exact) mass is 387 g/mol. The number of nitriles is 1. The smallest absolute Gasteiger partial charge is 0.194 e. The molecule has 20 heavy (non-hydrogen) atoms. The second kappa shape index (κ2) is 6.28. The maximum absolute atomic E-state index is 12.5. The second-order valence-electron chi connectivity index (χ2n) is 4.16. The molecule has 2 nitrogen and oxygen atoms in total. The number of halogens is 3. The van der Waals surface area contributed by atoms with Crippen LogP contribution in [0.5, 0.6) is 0 Å². The van der Waals surface area contributed by atoms with E-state index < -0.39 is 5.92 Å². The quantitative estimate of drug-likeness (QED) is 0.640. The van der Waals surface area contributed by atoms with Crippen molar-refractivity contribution in [3.05, 3.63) is 54.1 Å². The fourth-order valence-corrected chi connectivity index (χ4v) is 3.75. The van der Waals surface area contributed by atoms with Gasteiger partial charge in [-0.3, -0.25) is 4.79 Å². The van der Waals surface area contributed by atoms with Gasteiger partial charge in [0, 0.05) is 10.0 Å². The fraction of sp³-hybridized carbons (Fsp3) is 0.143. The van der Waals surface area contributed by atoms with Crippen LogP contribution < -0.4 is 0 Å². The van der Waals surface area contributed by atoms with E-state index in [1.807, 2.05) is 13.0 Å². The Kier molecular flexibility index (Phi) is 4.87. The molecule has 1 unspecified atom stereocenters. The molecule has 0 aliphatic rings. The molecule has 102 valence electrons. The molecule has 1 aromatic heterocycles. The largest absolute Gasteiger partial charge is 0.291 e. The van der Waals surface area contributed by atoms with Crippen molar-refractivity contribution in [1.82, 2.24) is 0 Å². The number of thiophene rings is 1. The highest BCUT2D eigenvalue weighted by Crippen LogP contribution is 2.34. The Labute approximate surface area is 139 Å².